The molecule has 1 aliphatic carbocycles. The molecule has 1 heterocycles. The van der Waals surface area contributed by atoms with E-state index in [2.05, 4.69) is 10.6 Å². The summed E-state index contributed by atoms with van der Waals surface area (Å²) >= 11 is 6.06. The van der Waals surface area contributed by atoms with Gasteiger partial charge in [0.1, 0.15) is 5.92 Å². The third-order valence-corrected chi connectivity index (χ3v) is 5.68. The first-order valence-corrected chi connectivity index (χ1v) is 9.60. The Hall–Kier alpha value is -2.79. The monoisotopic (exact) mass is 396 g/mol. The number of hydrogen-bond donors (Lipinski definition) is 2. The third kappa shape index (κ3) is 3.16. The number of methoxy groups -OCH3 is 1. The number of para-hydroxylation sites is 2. The molecule has 28 heavy (non-hydrogen) atoms. The van der Waals surface area contributed by atoms with Gasteiger partial charge in [-0.25, -0.2) is 0 Å². The van der Waals surface area contributed by atoms with Gasteiger partial charge in [0.2, 0.25) is 0 Å². The highest BCUT2D eigenvalue weighted by molar-refractivity contribution is 6.30. The fourth-order valence-electron chi connectivity index (χ4n) is 4.04. The number of fused-ring (bicyclic) bond motifs is 1. The molecule has 0 radical (unpaired) electrons. The number of nitrogens with one attached hydrogen (secondary N) is 2. The molecule has 0 unspecified atom stereocenters. The van der Waals surface area contributed by atoms with Crippen LogP contribution in [0.1, 0.15) is 24.9 Å². The highest BCUT2D eigenvalue weighted by Gasteiger charge is 2.44. The summed E-state index contributed by atoms with van der Waals surface area (Å²) in [6.45, 7) is 1.91. The van der Waals surface area contributed by atoms with Crippen LogP contribution in [0.2, 0.25) is 5.02 Å². The van der Waals surface area contributed by atoms with Crippen LogP contribution in [0.3, 0.4) is 0 Å². The fourth-order valence-corrected chi connectivity index (χ4v) is 4.17. The standard InChI is InChI=1S/C22H21ClN2O3/c1-12-11-17-19(21(26)18(12)22(27)28-2)20(13-7-9-14(23)10-8-13)25-16-6-4-3-5-15(16)24-17/h3-10,12,18,20,24-25H,11H2,1-2H3/t12-,18-,20-/m0/s1. The lowest BCUT2D eigenvalue weighted by atomic mass is 9.75. The number of ether oxygens (including phenoxy) is 1. The van der Waals surface area contributed by atoms with E-state index < -0.39 is 17.9 Å². The zero-order valence-corrected chi connectivity index (χ0v) is 16.4. The number of allylic oxidation sites excluding steroid dienone is 1. The Bertz CT molecular complexity index is 968. The summed E-state index contributed by atoms with van der Waals surface area (Å²) in [4.78, 5) is 25.8. The summed E-state index contributed by atoms with van der Waals surface area (Å²) < 4.78 is 4.92. The van der Waals surface area contributed by atoms with E-state index in [9.17, 15) is 9.59 Å². The Morgan fingerprint density at radius 2 is 1.79 bits per heavy atom. The van der Waals surface area contributed by atoms with Gasteiger partial charge in [0, 0.05) is 16.3 Å². The molecule has 0 aromatic heterocycles. The van der Waals surface area contributed by atoms with Gasteiger partial charge in [-0.3, -0.25) is 9.59 Å². The molecule has 0 saturated heterocycles. The van der Waals surface area contributed by atoms with E-state index >= 15 is 0 Å². The molecule has 2 aromatic rings. The van der Waals surface area contributed by atoms with Crippen LogP contribution in [0.25, 0.3) is 0 Å². The summed E-state index contributed by atoms with van der Waals surface area (Å²) in [7, 11) is 1.32. The number of esters is 1. The largest absolute Gasteiger partial charge is 0.468 e. The Balaban J connectivity index is 1.87. The lowest BCUT2D eigenvalue weighted by Gasteiger charge is -2.32. The zero-order chi connectivity index (χ0) is 19.8. The molecule has 0 bridgehead atoms. The lowest BCUT2D eigenvalue weighted by Crippen LogP contribution is -2.39. The quantitative estimate of drug-likeness (QED) is 0.575. The molecular weight excluding hydrogens is 376 g/mol. The molecule has 0 amide bonds. The van der Waals surface area contributed by atoms with E-state index in [4.69, 9.17) is 16.3 Å². The van der Waals surface area contributed by atoms with E-state index in [-0.39, 0.29) is 11.7 Å². The summed E-state index contributed by atoms with van der Waals surface area (Å²) in [6, 6.07) is 14.8. The molecule has 2 N–H and O–H groups in total. The van der Waals surface area contributed by atoms with Gasteiger partial charge in [0.15, 0.2) is 5.78 Å². The van der Waals surface area contributed by atoms with E-state index in [0.29, 0.717) is 17.0 Å². The molecule has 0 spiro atoms. The van der Waals surface area contributed by atoms with Crippen LogP contribution < -0.4 is 10.6 Å². The van der Waals surface area contributed by atoms with Crippen molar-refractivity contribution in [3.63, 3.8) is 0 Å². The van der Waals surface area contributed by atoms with Crippen molar-refractivity contribution in [1.82, 2.24) is 0 Å². The maximum Gasteiger partial charge on any atom is 0.316 e. The second kappa shape index (κ2) is 7.32. The second-order valence-corrected chi connectivity index (χ2v) is 7.67. The van der Waals surface area contributed by atoms with Crippen LogP contribution in [0.5, 0.6) is 0 Å². The van der Waals surface area contributed by atoms with Crippen molar-refractivity contribution in [1.29, 1.82) is 0 Å². The first kappa shape index (κ1) is 18.6. The van der Waals surface area contributed by atoms with Gasteiger partial charge in [-0.05, 0) is 42.2 Å². The highest BCUT2D eigenvalue weighted by atomic mass is 35.5. The average molecular weight is 397 g/mol. The Morgan fingerprint density at radius 1 is 1.11 bits per heavy atom. The summed E-state index contributed by atoms with van der Waals surface area (Å²) in [5, 5.41) is 7.54. The molecule has 144 valence electrons. The zero-order valence-electron chi connectivity index (χ0n) is 15.7. The normalized spacial score (nSPS) is 23.7. The van der Waals surface area contributed by atoms with Crippen LogP contribution in [-0.2, 0) is 14.3 Å². The van der Waals surface area contributed by atoms with Gasteiger partial charge in [0.25, 0.3) is 0 Å². The first-order chi connectivity index (χ1) is 13.5. The maximum absolute atomic E-state index is 13.5. The van der Waals surface area contributed by atoms with Crippen molar-refractivity contribution < 1.29 is 14.3 Å². The van der Waals surface area contributed by atoms with E-state index in [1.165, 1.54) is 7.11 Å². The van der Waals surface area contributed by atoms with E-state index in [0.717, 1.165) is 22.6 Å². The molecular formula is C22H21ClN2O3. The fraction of sp³-hybridized carbons (Fsp3) is 0.273. The molecule has 3 atom stereocenters. The van der Waals surface area contributed by atoms with Crippen molar-refractivity contribution in [2.24, 2.45) is 11.8 Å². The minimum absolute atomic E-state index is 0.151. The minimum atomic E-state index is -0.802. The second-order valence-electron chi connectivity index (χ2n) is 7.24. The van der Waals surface area contributed by atoms with E-state index in [1.807, 2.05) is 43.3 Å². The number of rotatable bonds is 2. The molecule has 4 rings (SSSR count). The van der Waals surface area contributed by atoms with Crippen LogP contribution in [0.4, 0.5) is 11.4 Å². The summed E-state index contributed by atoms with van der Waals surface area (Å²) in [5.41, 5.74) is 4.12. The van der Waals surface area contributed by atoms with Gasteiger partial charge in [-0.15, -0.1) is 0 Å². The summed E-state index contributed by atoms with van der Waals surface area (Å²) in [6.07, 6.45) is 0.584. The van der Waals surface area contributed by atoms with Crippen molar-refractivity contribution in [2.75, 3.05) is 17.7 Å². The number of carbonyl (C=O) groups excluding carboxylic acids is 2. The maximum atomic E-state index is 13.5. The SMILES string of the molecule is COC(=O)[C@@H]1C(=O)C2=C(C[C@@H]1C)Nc1ccccc1N[C@H]2c1ccc(Cl)cc1. The minimum Gasteiger partial charge on any atom is -0.468 e. The van der Waals surface area contributed by atoms with Crippen molar-refractivity contribution in [3.05, 3.63) is 70.4 Å². The van der Waals surface area contributed by atoms with Gasteiger partial charge < -0.3 is 15.4 Å². The lowest BCUT2D eigenvalue weighted by molar-refractivity contribution is -0.151. The molecule has 6 heteroatoms. The van der Waals surface area contributed by atoms with Crippen LogP contribution in [-0.4, -0.2) is 18.9 Å². The molecule has 2 aromatic carbocycles. The van der Waals surface area contributed by atoms with Gasteiger partial charge in [0.05, 0.1) is 24.5 Å². The van der Waals surface area contributed by atoms with Crippen molar-refractivity contribution in [3.8, 4) is 0 Å². The molecule has 0 saturated carbocycles. The van der Waals surface area contributed by atoms with Crippen LogP contribution in [0.15, 0.2) is 59.8 Å². The number of Topliss-reactive ketones (excluding diaryl/α,β-unsaturated/α-hetero) is 1. The molecule has 2 aliphatic rings. The third-order valence-electron chi connectivity index (χ3n) is 5.43. The molecule has 0 fully saturated rings. The Kier molecular flexibility index (Phi) is 4.85. The number of halogens is 1. The van der Waals surface area contributed by atoms with Gasteiger partial charge in [-0.2, -0.15) is 0 Å². The Labute approximate surface area is 168 Å². The number of carbonyl (C=O) groups is 2. The average Bonchev–Trinajstić information content (AvgIpc) is 2.85. The Morgan fingerprint density at radius 3 is 2.46 bits per heavy atom. The van der Waals surface area contributed by atoms with Gasteiger partial charge >= 0.3 is 5.97 Å². The van der Waals surface area contributed by atoms with Crippen LogP contribution >= 0.6 is 11.6 Å². The molecule has 1 aliphatic heterocycles. The smallest absolute Gasteiger partial charge is 0.316 e. The van der Waals surface area contributed by atoms with E-state index in [1.54, 1.807) is 12.1 Å². The summed E-state index contributed by atoms with van der Waals surface area (Å²) in [5.74, 6) is -1.64. The van der Waals surface area contributed by atoms with Crippen LogP contribution in [0, 0.1) is 11.8 Å². The first-order valence-electron chi connectivity index (χ1n) is 9.22. The molecule has 5 nitrogen and oxygen atoms in total. The van der Waals surface area contributed by atoms with Gasteiger partial charge in [-0.1, -0.05) is 42.8 Å². The van der Waals surface area contributed by atoms with Crippen molar-refractivity contribution >= 4 is 34.7 Å². The van der Waals surface area contributed by atoms with Crippen molar-refractivity contribution in [2.45, 2.75) is 19.4 Å². The predicted octanol–water partition coefficient (Wildman–Crippen LogP) is 4.57. The predicted molar refractivity (Wildman–Crippen MR) is 109 cm³/mol. The highest BCUT2D eigenvalue weighted by Crippen LogP contribution is 2.43. The topological polar surface area (TPSA) is 67.4 Å². The number of hydrogen-bond acceptors (Lipinski definition) is 5. The number of ketones is 1. The number of anilines is 2. The number of benzene rings is 2.